The largest absolute Gasteiger partial charge is 0.368 e. The average Bonchev–Trinajstić information content (AvgIpc) is 2.62. The van der Waals surface area contributed by atoms with Crippen molar-refractivity contribution >= 4 is 15.9 Å². The van der Waals surface area contributed by atoms with Crippen molar-refractivity contribution in [3.8, 4) is 0 Å². The fraction of sp³-hybridized carbons (Fsp3) is 0.611. The van der Waals surface area contributed by atoms with E-state index in [-0.39, 0.29) is 5.91 Å². The highest BCUT2D eigenvalue weighted by Crippen LogP contribution is 2.33. The molecule has 0 unspecified atom stereocenters. The molecule has 1 amide bonds. The van der Waals surface area contributed by atoms with Crippen LogP contribution in [-0.4, -0.2) is 55.2 Å². The van der Waals surface area contributed by atoms with Crippen LogP contribution < -0.4 is 5.73 Å². The Morgan fingerprint density at radius 3 is 2.08 bits per heavy atom. The van der Waals surface area contributed by atoms with Gasteiger partial charge in [-0.2, -0.15) is 4.31 Å². The molecule has 2 aliphatic heterocycles. The zero-order valence-electron chi connectivity index (χ0n) is 14.8. The summed E-state index contributed by atoms with van der Waals surface area (Å²) in [5, 5.41) is 0. The van der Waals surface area contributed by atoms with Crippen LogP contribution >= 0.6 is 0 Å². The van der Waals surface area contributed by atoms with Crippen LogP contribution in [0.4, 0.5) is 0 Å². The minimum Gasteiger partial charge on any atom is -0.368 e. The number of piperidine rings is 2. The predicted molar refractivity (Wildman–Crippen MR) is 96.5 cm³/mol. The molecule has 1 aromatic carbocycles. The van der Waals surface area contributed by atoms with Crippen molar-refractivity contribution in [2.45, 2.75) is 49.5 Å². The van der Waals surface area contributed by atoms with Crippen molar-refractivity contribution < 1.29 is 13.2 Å². The van der Waals surface area contributed by atoms with Crippen molar-refractivity contribution in [1.82, 2.24) is 9.21 Å². The third-order valence-electron chi connectivity index (χ3n) is 5.63. The Labute approximate surface area is 150 Å². The van der Waals surface area contributed by atoms with Crippen molar-refractivity contribution in [2.75, 3.05) is 26.2 Å². The van der Waals surface area contributed by atoms with Gasteiger partial charge in [-0.1, -0.05) is 24.1 Å². The third kappa shape index (κ3) is 3.45. The van der Waals surface area contributed by atoms with E-state index in [1.807, 2.05) is 6.92 Å². The Bertz CT molecular complexity index is 716. The molecule has 2 saturated heterocycles. The number of benzene rings is 1. The number of amides is 1. The lowest BCUT2D eigenvalue weighted by Gasteiger charge is -2.47. The predicted octanol–water partition coefficient (Wildman–Crippen LogP) is 1.49. The van der Waals surface area contributed by atoms with Gasteiger partial charge in [0.25, 0.3) is 0 Å². The number of likely N-dealkylation sites (tertiary alicyclic amines) is 1. The molecule has 0 bridgehead atoms. The molecule has 1 aromatic rings. The van der Waals surface area contributed by atoms with Gasteiger partial charge in [-0.3, -0.25) is 9.69 Å². The molecule has 6 nitrogen and oxygen atoms in total. The van der Waals surface area contributed by atoms with Gasteiger partial charge in [0, 0.05) is 13.1 Å². The number of hydrogen-bond acceptors (Lipinski definition) is 4. The summed E-state index contributed by atoms with van der Waals surface area (Å²) in [5.41, 5.74) is 6.10. The van der Waals surface area contributed by atoms with Crippen molar-refractivity contribution in [3.63, 3.8) is 0 Å². The lowest BCUT2D eigenvalue weighted by atomic mass is 9.84. The molecule has 2 N–H and O–H groups in total. The second-order valence-corrected chi connectivity index (χ2v) is 9.10. The first-order valence-electron chi connectivity index (χ1n) is 8.98. The molecule has 2 heterocycles. The molecular weight excluding hydrogens is 338 g/mol. The van der Waals surface area contributed by atoms with Crippen LogP contribution in [0.25, 0.3) is 0 Å². The van der Waals surface area contributed by atoms with E-state index in [1.54, 1.807) is 24.3 Å². The maximum Gasteiger partial charge on any atom is 0.243 e. The van der Waals surface area contributed by atoms with E-state index in [2.05, 4.69) is 4.90 Å². The fourth-order valence-electron chi connectivity index (χ4n) is 4.00. The number of hydrogen-bond donors (Lipinski definition) is 1. The van der Waals surface area contributed by atoms with Gasteiger partial charge in [-0.05, 0) is 57.8 Å². The molecule has 7 heteroatoms. The number of nitrogens with two attached hydrogens (primary N) is 1. The number of nitrogens with zero attached hydrogens (tertiary/aromatic N) is 2. The summed E-state index contributed by atoms with van der Waals surface area (Å²) in [4.78, 5) is 14.7. The maximum absolute atomic E-state index is 12.9. The van der Waals surface area contributed by atoms with Gasteiger partial charge in [0.15, 0.2) is 0 Å². The third-order valence-corrected chi connectivity index (χ3v) is 7.54. The van der Waals surface area contributed by atoms with Gasteiger partial charge < -0.3 is 5.73 Å². The Morgan fingerprint density at radius 1 is 1.00 bits per heavy atom. The lowest BCUT2D eigenvalue weighted by Crippen LogP contribution is -2.63. The fourth-order valence-corrected chi connectivity index (χ4v) is 5.44. The Kier molecular flexibility index (Phi) is 5.18. The quantitative estimate of drug-likeness (QED) is 0.876. The van der Waals surface area contributed by atoms with Gasteiger partial charge >= 0.3 is 0 Å². The highest BCUT2D eigenvalue weighted by molar-refractivity contribution is 7.89. The molecular formula is C18H27N3O3S. The molecule has 0 atom stereocenters. The van der Waals surface area contributed by atoms with E-state index in [1.165, 1.54) is 10.7 Å². The van der Waals surface area contributed by atoms with Crippen molar-refractivity contribution in [1.29, 1.82) is 0 Å². The van der Waals surface area contributed by atoms with E-state index in [9.17, 15) is 13.2 Å². The van der Waals surface area contributed by atoms with E-state index < -0.39 is 15.6 Å². The van der Waals surface area contributed by atoms with E-state index in [0.717, 1.165) is 31.5 Å². The van der Waals surface area contributed by atoms with E-state index in [0.29, 0.717) is 30.8 Å². The maximum atomic E-state index is 12.9. The first kappa shape index (κ1) is 18.4. The number of primary amides is 1. The Balaban J connectivity index is 1.77. The van der Waals surface area contributed by atoms with Crippen LogP contribution in [-0.2, 0) is 14.8 Å². The number of carbonyl (C=O) groups is 1. The molecule has 0 saturated carbocycles. The summed E-state index contributed by atoms with van der Waals surface area (Å²) in [5.74, 6) is -0.318. The summed E-state index contributed by atoms with van der Waals surface area (Å²) in [7, 11) is -3.52. The van der Waals surface area contributed by atoms with Crippen LogP contribution in [0, 0.1) is 6.92 Å². The Morgan fingerprint density at radius 2 is 1.56 bits per heavy atom. The first-order valence-corrected chi connectivity index (χ1v) is 10.4. The van der Waals surface area contributed by atoms with Crippen LogP contribution in [0.2, 0.25) is 0 Å². The molecule has 2 fully saturated rings. The van der Waals surface area contributed by atoms with Crippen molar-refractivity contribution in [2.24, 2.45) is 5.73 Å². The van der Waals surface area contributed by atoms with Crippen LogP contribution in [0.3, 0.4) is 0 Å². The summed E-state index contributed by atoms with van der Waals surface area (Å²) < 4.78 is 27.2. The van der Waals surface area contributed by atoms with Gasteiger partial charge in [0.2, 0.25) is 15.9 Å². The normalized spacial score (nSPS) is 22.6. The number of aryl methyl sites for hydroxylation is 1. The summed E-state index contributed by atoms with van der Waals surface area (Å²) >= 11 is 0. The molecule has 0 radical (unpaired) electrons. The van der Waals surface area contributed by atoms with E-state index in [4.69, 9.17) is 5.73 Å². The number of carbonyl (C=O) groups excluding carboxylic acids is 1. The molecule has 0 aromatic heterocycles. The molecule has 2 aliphatic rings. The van der Waals surface area contributed by atoms with Crippen LogP contribution in [0.1, 0.15) is 37.7 Å². The number of sulfonamides is 1. The van der Waals surface area contributed by atoms with Crippen LogP contribution in [0.15, 0.2) is 29.2 Å². The standard InChI is InChI=1S/C18H27N3O3S/c1-15-5-7-16(8-6-15)25(23,24)21-13-9-18(10-14-21,17(19)22)20-11-3-2-4-12-20/h5-8H,2-4,9-14H2,1H3,(H2,19,22). The molecule has 3 rings (SSSR count). The monoisotopic (exact) mass is 365 g/mol. The smallest absolute Gasteiger partial charge is 0.243 e. The SMILES string of the molecule is Cc1ccc(S(=O)(=O)N2CCC(C(N)=O)(N3CCCCC3)CC2)cc1. The Hall–Kier alpha value is -1.44. The van der Waals surface area contributed by atoms with Gasteiger partial charge in [0.05, 0.1) is 4.90 Å². The van der Waals surface area contributed by atoms with E-state index >= 15 is 0 Å². The lowest BCUT2D eigenvalue weighted by molar-refractivity contribution is -0.134. The minimum absolute atomic E-state index is 0.308. The van der Waals surface area contributed by atoms with Crippen LogP contribution in [0.5, 0.6) is 0 Å². The average molecular weight is 365 g/mol. The first-order chi connectivity index (χ1) is 11.9. The number of rotatable bonds is 4. The zero-order valence-corrected chi connectivity index (χ0v) is 15.6. The summed E-state index contributed by atoms with van der Waals surface area (Å²) in [6.07, 6.45) is 4.25. The zero-order chi connectivity index (χ0) is 18.1. The minimum atomic E-state index is -3.52. The van der Waals surface area contributed by atoms with Gasteiger partial charge in [-0.25, -0.2) is 8.42 Å². The molecule has 25 heavy (non-hydrogen) atoms. The summed E-state index contributed by atoms with van der Waals surface area (Å²) in [6.45, 7) is 4.32. The highest BCUT2D eigenvalue weighted by atomic mass is 32.2. The van der Waals surface area contributed by atoms with Crippen molar-refractivity contribution in [3.05, 3.63) is 29.8 Å². The highest BCUT2D eigenvalue weighted by Gasteiger charge is 2.46. The molecule has 138 valence electrons. The molecule has 0 spiro atoms. The summed E-state index contributed by atoms with van der Waals surface area (Å²) in [6, 6.07) is 6.90. The second kappa shape index (κ2) is 7.05. The molecule has 0 aliphatic carbocycles. The van der Waals surface area contributed by atoms with Gasteiger partial charge in [-0.15, -0.1) is 0 Å². The second-order valence-electron chi connectivity index (χ2n) is 7.16. The topological polar surface area (TPSA) is 83.7 Å². The van der Waals surface area contributed by atoms with Gasteiger partial charge in [0.1, 0.15) is 5.54 Å².